The fourth-order valence-electron chi connectivity index (χ4n) is 6.72. The molecule has 0 radical (unpaired) electrons. The number of carbonyl (C=O) groups is 3. The van der Waals surface area contributed by atoms with Gasteiger partial charge in [-0.1, -0.05) is 155 Å². The van der Waals surface area contributed by atoms with E-state index in [2.05, 4.69) is 78.1 Å². The molecule has 0 saturated carbocycles. The minimum Gasteiger partial charge on any atom is -0.508 e. The van der Waals surface area contributed by atoms with Crippen molar-refractivity contribution in [2.75, 3.05) is 33.9 Å². The number of esters is 2. The molecule has 8 heteroatoms. The third kappa shape index (κ3) is 43.2. The van der Waals surface area contributed by atoms with Crippen LogP contribution in [0.5, 0.6) is 0 Å². The molecule has 0 rings (SSSR count). The molecule has 0 unspecified atom stereocenters. The van der Waals surface area contributed by atoms with Gasteiger partial charge in [0.25, 0.3) is 0 Å². The van der Waals surface area contributed by atoms with Crippen LogP contribution in [0.3, 0.4) is 0 Å². The SMILES string of the molecule is CCCC(C)(C)CN(C)C.[CH2-]NC(=O)C(CCCCCCCC(=O)OC/C=C\CCCCCC)CCCCCCCC(=O)OC/C=C\CCCCCC.[Zn]. The van der Waals surface area contributed by atoms with Crippen LogP contribution in [-0.2, 0) is 43.3 Å². The number of ether oxygens (including phenoxy) is 2. The van der Waals surface area contributed by atoms with Gasteiger partial charge in [-0.2, -0.15) is 0 Å². The Balaban J connectivity index is -0.00000205. The number of hydrogen-bond acceptors (Lipinski definition) is 6. The van der Waals surface area contributed by atoms with Crippen LogP contribution in [0.1, 0.15) is 202 Å². The maximum Gasteiger partial charge on any atom is 0.306 e. The van der Waals surface area contributed by atoms with E-state index in [1.807, 2.05) is 12.2 Å². The van der Waals surface area contributed by atoms with Crippen LogP contribution in [-0.4, -0.2) is 56.6 Å². The Labute approximate surface area is 348 Å². The molecule has 0 saturated heterocycles. The van der Waals surface area contributed by atoms with Gasteiger partial charge in [0.15, 0.2) is 5.91 Å². The number of allylic oxidation sites excluding steroid dienone is 2. The number of nitrogens with one attached hydrogen (secondary N) is 1. The Morgan fingerprint density at radius 1 is 0.611 bits per heavy atom. The Hall–Kier alpha value is -1.53. The van der Waals surface area contributed by atoms with Crippen LogP contribution in [0.2, 0.25) is 0 Å². The molecule has 314 valence electrons. The molecule has 0 atom stereocenters. The summed E-state index contributed by atoms with van der Waals surface area (Å²) in [6, 6.07) is 0. The first-order valence-electron chi connectivity index (χ1n) is 21.9. The number of amides is 1. The second-order valence-corrected chi connectivity index (χ2v) is 16.0. The molecular weight excluding hydrogens is 726 g/mol. The summed E-state index contributed by atoms with van der Waals surface area (Å²) in [5.41, 5.74) is 0.498. The molecule has 0 aliphatic rings. The first-order chi connectivity index (χ1) is 25.5. The van der Waals surface area contributed by atoms with Gasteiger partial charge in [-0.15, -0.1) is 0 Å². The molecule has 0 aromatic heterocycles. The number of rotatable bonds is 35. The third-order valence-electron chi connectivity index (χ3n) is 9.55. The molecule has 7 nitrogen and oxygen atoms in total. The molecule has 0 aliphatic heterocycles. The van der Waals surface area contributed by atoms with Crippen LogP contribution >= 0.6 is 0 Å². The monoisotopic (exact) mass is 812 g/mol. The van der Waals surface area contributed by atoms with Crippen LogP contribution < -0.4 is 5.32 Å². The van der Waals surface area contributed by atoms with E-state index in [1.165, 1.54) is 70.8 Å². The van der Waals surface area contributed by atoms with E-state index >= 15 is 0 Å². The molecule has 0 spiro atoms. The van der Waals surface area contributed by atoms with Gasteiger partial charge in [-0.3, -0.25) is 21.4 Å². The van der Waals surface area contributed by atoms with Gasteiger partial charge in [0, 0.05) is 44.8 Å². The Morgan fingerprint density at radius 2 is 1.02 bits per heavy atom. The summed E-state index contributed by atoms with van der Waals surface area (Å²) in [5, 5.41) is 2.58. The van der Waals surface area contributed by atoms with Crippen molar-refractivity contribution in [3.05, 3.63) is 31.4 Å². The Morgan fingerprint density at radius 3 is 1.41 bits per heavy atom. The van der Waals surface area contributed by atoms with Crippen molar-refractivity contribution >= 4 is 17.8 Å². The molecule has 1 N–H and O–H groups in total. The molecule has 0 bridgehead atoms. The summed E-state index contributed by atoms with van der Waals surface area (Å²) in [6.07, 6.45) is 35.7. The second-order valence-electron chi connectivity index (χ2n) is 16.0. The van der Waals surface area contributed by atoms with E-state index in [9.17, 15) is 14.4 Å². The fourth-order valence-corrected chi connectivity index (χ4v) is 6.72. The average Bonchev–Trinajstić information content (AvgIpc) is 3.11. The molecule has 0 fully saturated rings. The van der Waals surface area contributed by atoms with Crippen molar-refractivity contribution in [1.29, 1.82) is 0 Å². The zero-order valence-corrected chi connectivity index (χ0v) is 39.8. The molecule has 54 heavy (non-hydrogen) atoms. The van der Waals surface area contributed by atoms with E-state index in [0.717, 1.165) is 89.9 Å². The smallest absolute Gasteiger partial charge is 0.306 e. The van der Waals surface area contributed by atoms with E-state index in [1.54, 1.807) is 0 Å². The van der Waals surface area contributed by atoms with Gasteiger partial charge in [0.1, 0.15) is 13.2 Å². The summed E-state index contributed by atoms with van der Waals surface area (Å²) in [4.78, 5) is 38.3. The van der Waals surface area contributed by atoms with Crippen LogP contribution in [0, 0.1) is 18.4 Å². The predicted octanol–water partition coefficient (Wildman–Crippen LogP) is 12.5. The van der Waals surface area contributed by atoms with Gasteiger partial charge in [-0.05, 0) is 77.3 Å². The number of unbranched alkanes of at least 4 members (excludes halogenated alkanes) is 16. The maximum atomic E-state index is 12.3. The number of carbonyl (C=O) groups excluding carboxylic acids is 3. The van der Waals surface area contributed by atoms with Gasteiger partial charge >= 0.3 is 11.9 Å². The van der Waals surface area contributed by atoms with E-state index in [0.29, 0.717) is 31.5 Å². The van der Waals surface area contributed by atoms with Crippen molar-refractivity contribution in [1.82, 2.24) is 10.2 Å². The Bertz CT molecular complexity index is 854. The maximum absolute atomic E-state index is 12.3. The molecule has 1 amide bonds. The van der Waals surface area contributed by atoms with Crippen LogP contribution in [0.25, 0.3) is 0 Å². The van der Waals surface area contributed by atoms with Crippen molar-refractivity contribution in [2.24, 2.45) is 11.3 Å². The zero-order chi connectivity index (χ0) is 39.8. The minimum atomic E-state index is -0.112. The number of nitrogens with zero attached hydrogens (tertiary/aromatic N) is 1. The van der Waals surface area contributed by atoms with E-state index in [4.69, 9.17) is 9.47 Å². The average molecular weight is 814 g/mol. The fraction of sp³-hybridized carbons (Fsp3) is 0.826. The summed E-state index contributed by atoms with van der Waals surface area (Å²) in [6.45, 7) is 13.3. The van der Waals surface area contributed by atoms with Gasteiger partial charge in [0.2, 0.25) is 0 Å². The largest absolute Gasteiger partial charge is 0.508 e. The van der Waals surface area contributed by atoms with Crippen molar-refractivity contribution in [2.45, 2.75) is 202 Å². The summed E-state index contributed by atoms with van der Waals surface area (Å²) in [5.74, 6) is -0.171. The van der Waals surface area contributed by atoms with Crippen LogP contribution in [0.4, 0.5) is 0 Å². The third-order valence-corrected chi connectivity index (χ3v) is 9.55. The van der Waals surface area contributed by atoms with E-state index in [-0.39, 0.29) is 43.2 Å². The summed E-state index contributed by atoms with van der Waals surface area (Å²) < 4.78 is 10.6. The predicted molar refractivity (Wildman–Crippen MR) is 227 cm³/mol. The van der Waals surface area contributed by atoms with Gasteiger partial charge in [0.05, 0.1) is 0 Å². The summed E-state index contributed by atoms with van der Waals surface area (Å²) in [7, 11) is 7.85. The summed E-state index contributed by atoms with van der Waals surface area (Å²) >= 11 is 0. The molecule has 0 aromatic carbocycles. The topological polar surface area (TPSA) is 84.9 Å². The standard InChI is InChI=1S/C37H66NO5.C9H21N.Zn/c1-4-6-8-10-12-20-26-32-42-35(39)30-24-18-14-16-22-28-34(37(41)38-3)29-23-17-15-19-25-31-36(40)43-33-27-21-13-11-9-7-5-2;1-6-7-9(2,3)8-10(4)5;/h20-21,26-27,34H,3-19,22-25,28-33H2,1-2H3,(H,38,41);6-8H2,1-5H3;/q-1;;/b26-20-,27-21-;;. The van der Waals surface area contributed by atoms with Crippen molar-refractivity contribution in [3.63, 3.8) is 0 Å². The van der Waals surface area contributed by atoms with Gasteiger partial charge in [-0.25, -0.2) is 0 Å². The minimum absolute atomic E-state index is 0. The normalized spacial score (nSPS) is 11.5. The first kappa shape index (κ1) is 56.8. The van der Waals surface area contributed by atoms with Crippen molar-refractivity contribution in [3.8, 4) is 0 Å². The second kappa shape index (κ2) is 42.6. The molecule has 0 aliphatic carbocycles. The van der Waals surface area contributed by atoms with E-state index < -0.39 is 0 Å². The molecular formula is C46H87N2O5Zn-. The van der Waals surface area contributed by atoms with Crippen LogP contribution in [0.15, 0.2) is 24.3 Å². The number of hydrogen-bond donors (Lipinski definition) is 1. The zero-order valence-electron chi connectivity index (χ0n) is 36.8. The molecule has 0 heterocycles. The first-order valence-corrected chi connectivity index (χ1v) is 21.9. The quantitative estimate of drug-likeness (QED) is 0.0226. The van der Waals surface area contributed by atoms with Crippen molar-refractivity contribution < 1.29 is 43.3 Å². The Kier molecular flexibility index (Phi) is 44.8. The molecule has 0 aromatic rings. The van der Waals surface area contributed by atoms with Gasteiger partial charge < -0.3 is 19.7 Å².